The molecule has 7 heteroatoms. The number of sulfone groups is 1. The number of ether oxygens (including phenoxy) is 1. The van der Waals surface area contributed by atoms with E-state index < -0.39 is 15.8 Å². The maximum absolute atomic E-state index is 11.7. The number of hydrogen-bond acceptors (Lipinski definition) is 5. The molecule has 0 aromatic heterocycles. The van der Waals surface area contributed by atoms with E-state index in [1.165, 1.54) is 6.07 Å². The van der Waals surface area contributed by atoms with Gasteiger partial charge < -0.3 is 10.1 Å². The van der Waals surface area contributed by atoms with Crippen molar-refractivity contribution in [3.63, 3.8) is 0 Å². The van der Waals surface area contributed by atoms with Gasteiger partial charge in [0.1, 0.15) is 9.84 Å². The second-order valence-electron chi connectivity index (χ2n) is 5.00. The molecule has 0 atom stereocenters. The van der Waals surface area contributed by atoms with Crippen LogP contribution in [0.5, 0.6) is 0 Å². The van der Waals surface area contributed by atoms with E-state index in [1.807, 2.05) is 6.92 Å². The molecule has 122 valence electrons. The summed E-state index contributed by atoms with van der Waals surface area (Å²) >= 11 is 0. The van der Waals surface area contributed by atoms with Gasteiger partial charge in [0.15, 0.2) is 0 Å². The Kier molecular flexibility index (Phi) is 7.04. The number of hydrogen-bond donors (Lipinski definition) is 1. The van der Waals surface area contributed by atoms with E-state index in [4.69, 9.17) is 4.74 Å². The molecule has 1 aromatic rings. The molecule has 0 saturated heterocycles. The van der Waals surface area contributed by atoms with Crippen molar-refractivity contribution < 1.29 is 22.7 Å². The minimum atomic E-state index is -3.06. The first-order valence-corrected chi connectivity index (χ1v) is 9.12. The zero-order valence-electron chi connectivity index (χ0n) is 12.8. The highest BCUT2D eigenvalue weighted by molar-refractivity contribution is 7.90. The molecule has 1 aromatic carbocycles. The zero-order chi connectivity index (χ0) is 16.6. The number of carbonyl (C=O) groups excluding carboxylic acids is 2. The van der Waals surface area contributed by atoms with Crippen molar-refractivity contribution in [2.75, 3.05) is 23.9 Å². The van der Waals surface area contributed by atoms with Crippen molar-refractivity contribution in [3.8, 4) is 0 Å². The number of carbonyl (C=O) groups is 2. The highest BCUT2D eigenvalue weighted by atomic mass is 32.2. The Hall–Kier alpha value is -1.89. The number of nitrogens with one attached hydrogen (secondary N) is 1. The molecule has 22 heavy (non-hydrogen) atoms. The molecular weight excluding hydrogens is 306 g/mol. The molecule has 0 radical (unpaired) electrons. The molecule has 0 aliphatic heterocycles. The van der Waals surface area contributed by atoms with Gasteiger partial charge >= 0.3 is 5.97 Å². The molecular formula is C15H21NO5S. The van der Waals surface area contributed by atoms with Crippen LogP contribution in [0.15, 0.2) is 24.3 Å². The topological polar surface area (TPSA) is 89.5 Å². The normalized spacial score (nSPS) is 11.0. The fourth-order valence-electron chi connectivity index (χ4n) is 1.72. The highest BCUT2D eigenvalue weighted by Crippen LogP contribution is 2.12. The van der Waals surface area contributed by atoms with E-state index in [2.05, 4.69) is 5.32 Å². The first-order valence-electron chi connectivity index (χ1n) is 7.06. The third-order valence-electron chi connectivity index (χ3n) is 2.74. The Labute approximate surface area is 130 Å². The summed E-state index contributed by atoms with van der Waals surface area (Å²) in [7, 11) is -3.06. The third-order valence-corrected chi connectivity index (χ3v) is 3.77. The maximum atomic E-state index is 11.7. The first kappa shape index (κ1) is 18.2. The maximum Gasteiger partial charge on any atom is 0.338 e. The second kappa shape index (κ2) is 8.53. The predicted octanol–water partition coefficient (Wildman–Crippen LogP) is 2.02. The van der Waals surface area contributed by atoms with Gasteiger partial charge in [-0.2, -0.15) is 0 Å². The van der Waals surface area contributed by atoms with Crippen LogP contribution in [0.4, 0.5) is 5.69 Å². The predicted molar refractivity (Wildman–Crippen MR) is 84.6 cm³/mol. The summed E-state index contributed by atoms with van der Waals surface area (Å²) in [4.78, 5) is 23.5. The fourth-order valence-corrected chi connectivity index (χ4v) is 2.39. The summed E-state index contributed by atoms with van der Waals surface area (Å²) in [6.45, 7) is 2.25. The van der Waals surface area contributed by atoms with Gasteiger partial charge in [-0.15, -0.1) is 0 Å². The van der Waals surface area contributed by atoms with Crippen molar-refractivity contribution in [1.29, 1.82) is 0 Å². The van der Waals surface area contributed by atoms with Gasteiger partial charge in [0, 0.05) is 18.4 Å². The number of benzene rings is 1. The van der Waals surface area contributed by atoms with Crippen LogP contribution in [0.2, 0.25) is 0 Å². The van der Waals surface area contributed by atoms with E-state index in [9.17, 15) is 18.0 Å². The molecule has 6 nitrogen and oxygen atoms in total. The van der Waals surface area contributed by atoms with Crippen molar-refractivity contribution >= 4 is 27.4 Å². The van der Waals surface area contributed by atoms with Crippen LogP contribution in [0.3, 0.4) is 0 Å². The summed E-state index contributed by atoms with van der Waals surface area (Å²) in [5, 5.41) is 2.64. The lowest BCUT2D eigenvalue weighted by Crippen LogP contribution is -2.14. The van der Waals surface area contributed by atoms with Gasteiger partial charge in [-0.25, -0.2) is 13.2 Å². The average molecular weight is 327 g/mol. The van der Waals surface area contributed by atoms with Crippen LogP contribution in [0.1, 0.15) is 36.5 Å². The van der Waals surface area contributed by atoms with Gasteiger partial charge in [0.25, 0.3) is 0 Å². The highest BCUT2D eigenvalue weighted by Gasteiger charge is 2.10. The van der Waals surface area contributed by atoms with Gasteiger partial charge in [-0.05, 0) is 31.0 Å². The quantitative estimate of drug-likeness (QED) is 0.738. The molecule has 1 N–H and O–H groups in total. The summed E-state index contributed by atoms with van der Waals surface area (Å²) in [6.07, 6.45) is 2.25. The van der Waals surface area contributed by atoms with Gasteiger partial charge in [0.2, 0.25) is 5.91 Å². The van der Waals surface area contributed by atoms with Gasteiger partial charge in [0.05, 0.1) is 17.9 Å². The van der Waals surface area contributed by atoms with Gasteiger partial charge in [-0.1, -0.05) is 13.0 Å². The molecule has 0 spiro atoms. The van der Waals surface area contributed by atoms with Crippen molar-refractivity contribution in [1.82, 2.24) is 0 Å². The lowest BCUT2D eigenvalue weighted by molar-refractivity contribution is -0.116. The molecule has 0 heterocycles. The third kappa shape index (κ3) is 7.21. The number of rotatable bonds is 8. The average Bonchev–Trinajstić information content (AvgIpc) is 2.43. The molecule has 0 bridgehead atoms. The smallest absolute Gasteiger partial charge is 0.338 e. The summed E-state index contributed by atoms with van der Waals surface area (Å²) in [5.41, 5.74) is 0.845. The van der Waals surface area contributed by atoms with E-state index in [-0.39, 0.29) is 24.5 Å². The van der Waals surface area contributed by atoms with E-state index >= 15 is 0 Å². The largest absolute Gasteiger partial charge is 0.462 e. The lowest BCUT2D eigenvalue weighted by atomic mass is 10.2. The Morgan fingerprint density at radius 2 is 2.00 bits per heavy atom. The van der Waals surface area contributed by atoms with Crippen LogP contribution in [0, 0.1) is 0 Å². The molecule has 0 aliphatic rings. The molecule has 0 aliphatic carbocycles. The monoisotopic (exact) mass is 327 g/mol. The van der Waals surface area contributed by atoms with E-state index in [0.29, 0.717) is 17.9 Å². The SMILES string of the molecule is CCCOC(=O)c1cccc(NC(=O)CCCS(C)(=O)=O)c1. The first-order chi connectivity index (χ1) is 10.3. The molecule has 0 unspecified atom stereocenters. The van der Waals surface area contributed by atoms with Crippen molar-refractivity contribution in [2.45, 2.75) is 26.2 Å². The molecule has 1 amide bonds. The van der Waals surface area contributed by atoms with Crippen LogP contribution >= 0.6 is 0 Å². The molecule has 0 fully saturated rings. The van der Waals surface area contributed by atoms with Crippen LogP contribution in [-0.4, -0.2) is 38.9 Å². The van der Waals surface area contributed by atoms with E-state index in [0.717, 1.165) is 12.7 Å². The van der Waals surface area contributed by atoms with Crippen LogP contribution < -0.4 is 5.32 Å². The van der Waals surface area contributed by atoms with Crippen LogP contribution in [-0.2, 0) is 19.4 Å². The zero-order valence-corrected chi connectivity index (χ0v) is 13.6. The number of amides is 1. The van der Waals surface area contributed by atoms with Crippen LogP contribution in [0.25, 0.3) is 0 Å². The fraction of sp³-hybridized carbons (Fsp3) is 0.467. The van der Waals surface area contributed by atoms with Gasteiger partial charge in [-0.3, -0.25) is 4.79 Å². The second-order valence-corrected chi connectivity index (χ2v) is 7.26. The summed E-state index contributed by atoms with van der Waals surface area (Å²) in [6, 6.07) is 6.45. The minimum Gasteiger partial charge on any atom is -0.462 e. The Morgan fingerprint density at radius 3 is 2.64 bits per heavy atom. The minimum absolute atomic E-state index is 0.0240. The Morgan fingerprint density at radius 1 is 1.27 bits per heavy atom. The molecule has 0 saturated carbocycles. The lowest BCUT2D eigenvalue weighted by Gasteiger charge is -2.07. The number of esters is 1. The summed E-state index contributed by atoms with van der Waals surface area (Å²) < 4.78 is 27.0. The van der Waals surface area contributed by atoms with E-state index in [1.54, 1.807) is 18.2 Å². The molecule has 1 rings (SSSR count). The Bertz CT molecular complexity index is 625. The standard InChI is InChI=1S/C15H21NO5S/c1-3-9-21-15(18)12-6-4-7-13(11-12)16-14(17)8-5-10-22(2,19)20/h4,6-7,11H,3,5,8-10H2,1-2H3,(H,16,17). The number of anilines is 1. The van der Waals surface area contributed by atoms with Crippen molar-refractivity contribution in [2.24, 2.45) is 0 Å². The summed E-state index contributed by atoms with van der Waals surface area (Å²) in [5.74, 6) is -0.748. The Balaban J connectivity index is 2.55. The van der Waals surface area contributed by atoms with Crippen molar-refractivity contribution in [3.05, 3.63) is 29.8 Å².